The number of nitrogens with zero attached hydrogens (tertiary/aromatic N) is 1. The lowest BCUT2D eigenvalue weighted by atomic mass is 10.1. The van der Waals surface area contributed by atoms with Crippen LogP contribution in [0.2, 0.25) is 0 Å². The summed E-state index contributed by atoms with van der Waals surface area (Å²) in [7, 11) is 0. The van der Waals surface area contributed by atoms with Gasteiger partial charge in [0.05, 0.1) is 39.2 Å². The van der Waals surface area contributed by atoms with Crippen molar-refractivity contribution in [1.29, 1.82) is 0 Å². The second-order valence-corrected chi connectivity index (χ2v) is 7.78. The minimum absolute atomic E-state index is 0.0252. The number of ether oxygens (including phenoxy) is 1. The molecule has 0 bridgehead atoms. The Balaban J connectivity index is 1.37. The third-order valence-electron chi connectivity index (χ3n) is 5.51. The molecule has 0 aromatic heterocycles. The molecule has 0 aliphatic carbocycles. The van der Waals surface area contributed by atoms with Crippen LogP contribution in [-0.2, 0) is 16.0 Å². The molecule has 160 valence electrons. The van der Waals surface area contributed by atoms with Crippen molar-refractivity contribution in [2.45, 2.75) is 26.7 Å². The molecule has 6 nitrogen and oxygen atoms in total. The smallest absolute Gasteiger partial charge is 0.279 e. The largest absolute Gasteiger partial charge is 0.493 e. The van der Waals surface area contributed by atoms with Gasteiger partial charge in [0.2, 0.25) is 5.91 Å². The molecule has 2 amide bonds. The van der Waals surface area contributed by atoms with Gasteiger partial charge in [0.1, 0.15) is 5.75 Å². The van der Waals surface area contributed by atoms with Gasteiger partial charge in [0, 0.05) is 5.69 Å². The number of hydrogen-bond donors (Lipinski definition) is 2. The van der Waals surface area contributed by atoms with Crippen LogP contribution < -0.4 is 15.0 Å². The Morgan fingerprint density at radius 1 is 1.07 bits per heavy atom. The fourth-order valence-electron chi connectivity index (χ4n) is 3.67. The predicted octanol–water partition coefficient (Wildman–Crippen LogP) is 1.69. The molecule has 0 unspecified atom stereocenters. The molecule has 30 heavy (non-hydrogen) atoms. The lowest BCUT2D eigenvalue weighted by Crippen LogP contribution is -3.15. The maximum absolute atomic E-state index is 12.4. The fourth-order valence-corrected chi connectivity index (χ4v) is 3.67. The maximum Gasteiger partial charge on any atom is 0.279 e. The molecule has 0 saturated carbocycles. The highest BCUT2D eigenvalue weighted by Crippen LogP contribution is 2.15. The third kappa shape index (κ3) is 6.32. The summed E-state index contributed by atoms with van der Waals surface area (Å²) >= 11 is 0. The minimum Gasteiger partial charge on any atom is -0.493 e. The second-order valence-electron chi connectivity index (χ2n) is 7.78. The highest BCUT2D eigenvalue weighted by Gasteiger charge is 2.25. The van der Waals surface area contributed by atoms with Gasteiger partial charge in [0.15, 0.2) is 6.54 Å². The number of hydrogen-bond acceptors (Lipinski definition) is 3. The van der Waals surface area contributed by atoms with Gasteiger partial charge in [-0.1, -0.05) is 42.8 Å². The van der Waals surface area contributed by atoms with E-state index in [1.165, 1.54) is 10.5 Å². The van der Waals surface area contributed by atoms with Crippen molar-refractivity contribution in [2.75, 3.05) is 44.6 Å². The van der Waals surface area contributed by atoms with Crippen LogP contribution in [0.25, 0.3) is 0 Å². The number of anilines is 1. The van der Waals surface area contributed by atoms with E-state index in [1.54, 1.807) is 0 Å². The van der Waals surface area contributed by atoms with E-state index < -0.39 is 0 Å². The average Bonchev–Trinajstić information content (AvgIpc) is 2.76. The SMILES string of the molecule is CCc1ccccc1NC(=O)C[NH+]1CCN(C(=O)CCOc2ccc(C)cc2)CC1. The summed E-state index contributed by atoms with van der Waals surface area (Å²) in [5.41, 5.74) is 3.22. The Morgan fingerprint density at radius 3 is 2.47 bits per heavy atom. The first-order chi connectivity index (χ1) is 14.5. The van der Waals surface area contributed by atoms with Gasteiger partial charge in [-0.05, 0) is 37.1 Å². The van der Waals surface area contributed by atoms with Gasteiger partial charge in [-0.25, -0.2) is 0 Å². The molecule has 3 rings (SSSR count). The maximum atomic E-state index is 12.4. The summed E-state index contributed by atoms with van der Waals surface area (Å²) in [6.07, 6.45) is 1.26. The van der Waals surface area contributed by atoms with Crippen LogP contribution in [0.5, 0.6) is 5.75 Å². The molecular formula is C24H32N3O3+. The van der Waals surface area contributed by atoms with Crippen molar-refractivity contribution >= 4 is 17.5 Å². The molecule has 2 N–H and O–H groups in total. The summed E-state index contributed by atoms with van der Waals surface area (Å²) < 4.78 is 5.67. The molecule has 2 aromatic rings. The van der Waals surface area contributed by atoms with Crippen molar-refractivity contribution in [3.63, 3.8) is 0 Å². The lowest BCUT2D eigenvalue weighted by Gasteiger charge is -2.32. The molecular weight excluding hydrogens is 378 g/mol. The molecule has 6 heteroatoms. The fraction of sp³-hybridized carbons (Fsp3) is 0.417. The number of para-hydroxylation sites is 1. The van der Waals surface area contributed by atoms with Crippen LogP contribution in [0.1, 0.15) is 24.5 Å². The van der Waals surface area contributed by atoms with E-state index in [2.05, 4.69) is 12.2 Å². The number of rotatable bonds is 8. The van der Waals surface area contributed by atoms with Crippen LogP contribution in [0.4, 0.5) is 5.69 Å². The number of carbonyl (C=O) groups excluding carboxylic acids is 2. The lowest BCUT2D eigenvalue weighted by molar-refractivity contribution is -0.895. The number of nitrogens with one attached hydrogen (secondary N) is 2. The summed E-state index contributed by atoms with van der Waals surface area (Å²) in [5, 5.41) is 3.03. The normalized spacial score (nSPS) is 14.4. The van der Waals surface area contributed by atoms with E-state index in [9.17, 15) is 9.59 Å². The Bertz CT molecular complexity index is 843. The Kier molecular flexibility index (Phi) is 7.85. The first kappa shape index (κ1) is 21.8. The predicted molar refractivity (Wildman–Crippen MR) is 118 cm³/mol. The van der Waals surface area contributed by atoms with Crippen LogP contribution in [0.3, 0.4) is 0 Å². The Labute approximate surface area is 178 Å². The summed E-state index contributed by atoms with van der Waals surface area (Å²) in [6.45, 7) is 7.85. The number of carbonyl (C=O) groups is 2. The Morgan fingerprint density at radius 2 is 1.77 bits per heavy atom. The zero-order chi connectivity index (χ0) is 21.3. The van der Waals surface area contributed by atoms with Gasteiger partial charge >= 0.3 is 0 Å². The standard InChI is InChI=1S/C24H31N3O3/c1-3-20-6-4-5-7-22(20)25-23(28)18-26-13-15-27(16-14-26)24(29)12-17-30-21-10-8-19(2)9-11-21/h4-11H,3,12-18H2,1-2H3,(H,25,28)/p+1. The molecule has 1 heterocycles. The quantitative estimate of drug-likeness (QED) is 0.696. The van der Waals surface area contributed by atoms with E-state index in [-0.39, 0.29) is 11.8 Å². The van der Waals surface area contributed by atoms with Crippen molar-refractivity contribution in [3.05, 3.63) is 59.7 Å². The summed E-state index contributed by atoms with van der Waals surface area (Å²) in [5.74, 6) is 0.929. The molecule has 0 spiro atoms. The number of quaternary nitrogens is 1. The van der Waals surface area contributed by atoms with Crippen molar-refractivity contribution in [1.82, 2.24) is 4.90 Å². The molecule has 1 aliphatic rings. The molecule has 2 aromatic carbocycles. The van der Waals surface area contributed by atoms with Gasteiger partial charge in [0.25, 0.3) is 5.91 Å². The Hall–Kier alpha value is -2.86. The third-order valence-corrected chi connectivity index (χ3v) is 5.51. The van der Waals surface area contributed by atoms with Crippen LogP contribution in [-0.4, -0.2) is 56.0 Å². The van der Waals surface area contributed by atoms with Gasteiger partial charge < -0.3 is 19.9 Å². The van der Waals surface area contributed by atoms with E-state index >= 15 is 0 Å². The van der Waals surface area contributed by atoms with Crippen LogP contribution >= 0.6 is 0 Å². The molecule has 1 aliphatic heterocycles. The first-order valence-corrected chi connectivity index (χ1v) is 10.7. The molecule has 1 fully saturated rings. The number of amides is 2. The molecule has 0 radical (unpaired) electrons. The van der Waals surface area contributed by atoms with Crippen LogP contribution in [0.15, 0.2) is 48.5 Å². The van der Waals surface area contributed by atoms with Gasteiger partial charge in [-0.15, -0.1) is 0 Å². The summed E-state index contributed by atoms with van der Waals surface area (Å²) in [4.78, 5) is 28.0. The zero-order valence-electron chi connectivity index (χ0n) is 17.9. The van der Waals surface area contributed by atoms with E-state index in [4.69, 9.17) is 4.74 Å². The summed E-state index contributed by atoms with van der Waals surface area (Å²) in [6, 6.07) is 15.7. The van der Waals surface area contributed by atoms with Crippen LogP contribution in [0, 0.1) is 6.92 Å². The van der Waals surface area contributed by atoms with E-state index in [1.807, 2.05) is 60.4 Å². The highest BCUT2D eigenvalue weighted by atomic mass is 16.5. The monoisotopic (exact) mass is 410 g/mol. The number of aryl methyl sites for hydroxylation is 2. The minimum atomic E-state index is 0.0252. The average molecular weight is 411 g/mol. The number of benzene rings is 2. The van der Waals surface area contributed by atoms with Crippen molar-refractivity contribution in [2.24, 2.45) is 0 Å². The second kappa shape index (κ2) is 10.8. The van der Waals surface area contributed by atoms with E-state index in [0.717, 1.165) is 36.5 Å². The topological polar surface area (TPSA) is 63.1 Å². The number of piperazine rings is 1. The van der Waals surface area contributed by atoms with Crippen molar-refractivity contribution < 1.29 is 19.2 Å². The molecule has 1 saturated heterocycles. The molecule has 0 atom stereocenters. The van der Waals surface area contributed by atoms with Gasteiger partial charge in [-0.3, -0.25) is 9.59 Å². The zero-order valence-corrected chi connectivity index (χ0v) is 17.9. The first-order valence-electron chi connectivity index (χ1n) is 10.7. The van der Waals surface area contributed by atoms with Gasteiger partial charge in [-0.2, -0.15) is 0 Å². The van der Waals surface area contributed by atoms with Crippen molar-refractivity contribution in [3.8, 4) is 5.75 Å². The highest BCUT2D eigenvalue weighted by molar-refractivity contribution is 5.92. The van der Waals surface area contributed by atoms with E-state index in [0.29, 0.717) is 32.7 Å².